The Balaban J connectivity index is 3.19. The summed E-state index contributed by atoms with van der Waals surface area (Å²) in [5.41, 5.74) is 0.998. The van der Waals surface area contributed by atoms with E-state index in [2.05, 4.69) is 0 Å². The van der Waals surface area contributed by atoms with Gasteiger partial charge in [-0.15, -0.1) is 11.6 Å². The van der Waals surface area contributed by atoms with Crippen molar-refractivity contribution < 1.29 is 15.0 Å². The topological polar surface area (TPSA) is 57.5 Å². The van der Waals surface area contributed by atoms with E-state index in [1.54, 1.807) is 38.1 Å². The maximum absolute atomic E-state index is 11.8. The van der Waals surface area contributed by atoms with Gasteiger partial charge in [0.2, 0.25) is 0 Å². The number of halogens is 1. The molecule has 0 aliphatic rings. The number of hydrogen-bond donors (Lipinski definition) is 2. The molecule has 1 atom stereocenters. The summed E-state index contributed by atoms with van der Waals surface area (Å²) >= 11 is 6.16. The number of Topliss-reactive ketones (excluding diaryl/α,β-unsaturated/α-hetero) is 1. The van der Waals surface area contributed by atoms with Crippen LogP contribution >= 0.6 is 11.6 Å². The highest BCUT2D eigenvalue weighted by atomic mass is 35.5. The van der Waals surface area contributed by atoms with Crippen molar-refractivity contribution >= 4 is 17.4 Å². The highest BCUT2D eigenvalue weighted by Gasteiger charge is 2.26. The first kappa shape index (κ1) is 13.2. The fourth-order valence-corrected chi connectivity index (χ4v) is 1.64. The van der Waals surface area contributed by atoms with Crippen LogP contribution < -0.4 is 0 Å². The Bertz CT molecular complexity index is 382. The van der Waals surface area contributed by atoms with Crippen LogP contribution in [-0.4, -0.2) is 28.7 Å². The number of carbonyl (C=O) groups is 1. The molecule has 0 bridgehead atoms. The second kappa shape index (κ2) is 4.95. The second-order valence-electron chi connectivity index (χ2n) is 4.08. The number of ketones is 1. The van der Waals surface area contributed by atoms with E-state index in [-0.39, 0.29) is 0 Å². The van der Waals surface area contributed by atoms with Gasteiger partial charge < -0.3 is 10.2 Å². The lowest BCUT2D eigenvalue weighted by atomic mass is 9.92. The summed E-state index contributed by atoms with van der Waals surface area (Å²) in [4.78, 5) is 11.1. The number of hydrogen-bond acceptors (Lipinski definition) is 3. The van der Waals surface area contributed by atoms with Crippen LogP contribution in [0.25, 0.3) is 0 Å². The van der Waals surface area contributed by atoms with Crippen molar-refractivity contribution in [1.29, 1.82) is 0 Å². The van der Waals surface area contributed by atoms with E-state index < -0.39 is 23.4 Å². The average molecular weight is 243 g/mol. The lowest BCUT2D eigenvalue weighted by molar-refractivity contribution is 0.0586. The van der Waals surface area contributed by atoms with Gasteiger partial charge in [-0.3, -0.25) is 4.79 Å². The van der Waals surface area contributed by atoms with Crippen LogP contribution in [0.1, 0.15) is 29.8 Å². The number of rotatable bonds is 4. The van der Waals surface area contributed by atoms with Gasteiger partial charge in [0.15, 0.2) is 5.78 Å². The van der Waals surface area contributed by atoms with Crippen molar-refractivity contribution in [2.75, 3.05) is 6.61 Å². The Morgan fingerprint density at radius 2 is 2.00 bits per heavy atom. The molecule has 88 valence electrons. The molecule has 1 aromatic carbocycles. The predicted octanol–water partition coefficient (Wildman–Crippen LogP) is 1.70. The summed E-state index contributed by atoms with van der Waals surface area (Å²) in [6.07, 6.45) is -1.39. The van der Waals surface area contributed by atoms with Gasteiger partial charge in [0.25, 0.3) is 0 Å². The summed E-state index contributed by atoms with van der Waals surface area (Å²) in [5, 5.41) is 18.1. The van der Waals surface area contributed by atoms with Crippen molar-refractivity contribution in [2.24, 2.45) is 0 Å². The van der Waals surface area contributed by atoms with Gasteiger partial charge in [-0.05, 0) is 19.4 Å². The molecular weight excluding hydrogens is 228 g/mol. The fourth-order valence-electron chi connectivity index (χ4n) is 1.48. The highest BCUT2D eigenvalue weighted by molar-refractivity contribution is 6.24. The molecule has 2 N–H and O–H groups in total. The molecule has 0 heterocycles. The molecule has 16 heavy (non-hydrogen) atoms. The molecular formula is C12H15ClO3. The number of alkyl halides is 1. The Morgan fingerprint density at radius 3 is 2.50 bits per heavy atom. The van der Waals surface area contributed by atoms with Crippen LogP contribution in [0.5, 0.6) is 0 Å². The van der Waals surface area contributed by atoms with E-state index in [9.17, 15) is 9.90 Å². The van der Waals surface area contributed by atoms with Gasteiger partial charge in [0, 0.05) is 5.56 Å². The Labute approximate surface area is 99.7 Å². The second-order valence-corrected chi connectivity index (χ2v) is 5.03. The first-order valence-electron chi connectivity index (χ1n) is 4.99. The van der Waals surface area contributed by atoms with Crippen LogP contribution in [-0.2, 0) is 4.87 Å². The van der Waals surface area contributed by atoms with Crippen LogP contribution in [0.2, 0.25) is 0 Å². The lowest BCUT2D eigenvalue weighted by Crippen LogP contribution is -2.27. The van der Waals surface area contributed by atoms with Gasteiger partial charge in [-0.25, -0.2) is 0 Å². The molecule has 1 unspecified atom stereocenters. The van der Waals surface area contributed by atoms with Crippen molar-refractivity contribution in [2.45, 2.75) is 24.8 Å². The standard InChI is InChI=1S/C12H15ClO3/c1-12(2,13)9-6-4-3-5-8(9)11(16)10(15)7-14/h3-6,10,14-15H,7H2,1-2H3. The quantitative estimate of drug-likeness (QED) is 0.624. The van der Waals surface area contributed by atoms with E-state index in [4.69, 9.17) is 16.7 Å². The monoisotopic (exact) mass is 242 g/mol. The molecule has 0 fully saturated rings. The van der Waals surface area contributed by atoms with Crippen molar-refractivity contribution in [1.82, 2.24) is 0 Å². The lowest BCUT2D eigenvalue weighted by Gasteiger charge is -2.20. The molecule has 1 aromatic rings. The summed E-state index contributed by atoms with van der Waals surface area (Å²) in [6, 6.07) is 6.82. The van der Waals surface area contributed by atoms with Gasteiger partial charge in [0.05, 0.1) is 11.5 Å². The third-order valence-corrected chi connectivity index (χ3v) is 2.51. The number of aliphatic hydroxyl groups is 2. The zero-order valence-corrected chi connectivity index (χ0v) is 10.0. The largest absolute Gasteiger partial charge is 0.393 e. The molecule has 0 amide bonds. The van der Waals surface area contributed by atoms with E-state index in [1.807, 2.05) is 0 Å². The Morgan fingerprint density at radius 1 is 1.44 bits per heavy atom. The molecule has 0 aromatic heterocycles. The van der Waals surface area contributed by atoms with Gasteiger partial charge >= 0.3 is 0 Å². The summed E-state index contributed by atoms with van der Waals surface area (Å²) in [7, 11) is 0. The zero-order valence-electron chi connectivity index (χ0n) is 9.27. The SMILES string of the molecule is CC(C)(Cl)c1ccccc1C(=O)C(O)CO. The van der Waals surface area contributed by atoms with Crippen LogP contribution in [0.3, 0.4) is 0 Å². The van der Waals surface area contributed by atoms with E-state index in [1.165, 1.54) is 0 Å². The maximum atomic E-state index is 11.8. The molecule has 4 heteroatoms. The molecule has 0 radical (unpaired) electrons. The van der Waals surface area contributed by atoms with Crippen LogP contribution in [0.4, 0.5) is 0 Å². The van der Waals surface area contributed by atoms with Crippen LogP contribution in [0, 0.1) is 0 Å². The summed E-state index contributed by atoms with van der Waals surface area (Å²) in [6.45, 7) is 2.95. The highest BCUT2D eigenvalue weighted by Crippen LogP contribution is 2.30. The first-order chi connectivity index (χ1) is 7.38. The molecule has 0 spiro atoms. The van der Waals surface area contributed by atoms with Crippen molar-refractivity contribution in [3.8, 4) is 0 Å². The third-order valence-electron chi connectivity index (χ3n) is 2.31. The van der Waals surface area contributed by atoms with Crippen molar-refractivity contribution in [3.63, 3.8) is 0 Å². The normalized spacial score (nSPS) is 13.6. The average Bonchev–Trinajstić information content (AvgIpc) is 2.26. The number of benzene rings is 1. The van der Waals surface area contributed by atoms with E-state index >= 15 is 0 Å². The number of carbonyl (C=O) groups excluding carboxylic acids is 1. The van der Waals surface area contributed by atoms with Gasteiger partial charge in [-0.2, -0.15) is 0 Å². The smallest absolute Gasteiger partial charge is 0.193 e. The molecule has 0 saturated carbocycles. The molecule has 0 aliphatic carbocycles. The molecule has 1 rings (SSSR count). The van der Waals surface area contributed by atoms with E-state index in [0.29, 0.717) is 11.1 Å². The van der Waals surface area contributed by atoms with Crippen molar-refractivity contribution in [3.05, 3.63) is 35.4 Å². The third kappa shape index (κ3) is 2.82. The predicted molar refractivity (Wildman–Crippen MR) is 62.7 cm³/mol. The number of aliphatic hydroxyl groups excluding tert-OH is 2. The summed E-state index contributed by atoms with van der Waals surface area (Å²) in [5.74, 6) is -0.508. The zero-order chi connectivity index (χ0) is 12.3. The fraction of sp³-hybridized carbons (Fsp3) is 0.417. The van der Waals surface area contributed by atoms with Gasteiger partial charge in [-0.1, -0.05) is 24.3 Å². The van der Waals surface area contributed by atoms with E-state index in [0.717, 1.165) is 0 Å². The van der Waals surface area contributed by atoms with Gasteiger partial charge in [0.1, 0.15) is 6.10 Å². The first-order valence-corrected chi connectivity index (χ1v) is 5.37. The molecule has 3 nitrogen and oxygen atoms in total. The maximum Gasteiger partial charge on any atom is 0.193 e. The minimum atomic E-state index is -1.39. The summed E-state index contributed by atoms with van der Waals surface area (Å²) < 4.78 is 0. The Hall–Kier alpha value is -0.900. The molecule has 0 saturated heterocycles. The Kier molecular flexibility index (Phi) is 4.08. The van der Waals surface area contributed by atoms with Crippen LogP contribution in [0.15, 0.2) is 24.3 Å². The minimum absolute atomic E-state index is 0.351. The minimum Gasteiger partial charge on any atom is -0.393 e. The molecule has 0 aliphatic heterocycles.